The highest BCUT2D eigenvalue weighted by Crippen LogP contribution is 2.10. The first kappa shape index (κ1) is 18.0. The van der Waals surface area contributed by atoms with Crippen molar-refractivity contribution in [3.05, 3.63) is 41.0 Å². The van der Waals surface area contributed by atoms with Crippen LogP contribution in [-0.2, 0) is 16.1 Å². The van der Waals surface area contributed by atoms with Crippen molar-refractivity contribution in [1.82, 2.24) is 0 Å². The fraction of sp³-hybridized carbons (Fsp3) is 0.529. The summed E-state index contributed by atoms with van der Waals surface area (Å²) in [6, 6.07) is 1.12. The minimum atomic E-state index is -0.547. The lowest BCUT2D eigenvalue weighted by Crippen LogP contribution is -2.06. The minimum absolute atomic E-state index is 0.0874. The molecule has 1 heterocycles. The number of esters is 1. The molecule has 0 spiro atoms. The maximum Gasteiger partial charge on any atom is 0.306 e. The van der Waals surface area contributed by atoms with Gasteiger partial charge in [-0.25, -0.2) is 0 Å². The summed E-state index contributed by atoms with van der Waals surface area (Å²) in [6.45, 7) is 3.60. The van der Waals surface area contributed by atoms with E-state index in [0.717, 1.165) is 38.0 Å². The van der Waals surface area contributed by atoms with E-state index in [0.29, 0.717) is 6.42 Å². The van der Waals surface area contributed by atoms with Gasteiger partial charge in [-0.2, -0.15) is 0 Å². The molecule has 5 nitrogen and oxygen atoms in total. The third-order valence-electron chi connectivity index (χ3n) is 3.28. The normalized spacial score (nSPS) is 10.4. The van der Waals surface area contributed by atoms with E-state index in [1.165, 1.54) is 19.3 Å². The molecule has 0 saturated heterocycles. The molecule has 0 fully saturated rings. The lowest BCUT2D eigenvalue weighted by Gasteiger charge is -2.04. The third kappa shape index (κ3) is 7.67. The molecule has 1 aromatic heterocycles. The van der Waals surface area contributed by atoms with E-state index in [-0.39, 0.29) is 18.3 Å². The van der Waals surface area contributed by atoms with Crippen LogP contribution in [0.1, 0.15) is 57.1 Å². The van der Waals surface area contributed by atoms with Crippen molar-refractivity contribution < 1.29 is 19.1 Å². The molecule has 22 heavy (non-hydrogen) atoms. The van der Waals surface area contributed by atoms with Gasteiger partial charge in [-0.3, -0.25) is 9.59 Å². The second kappa shape index (κ2) is 10.7. The van der Waals surface area contributed by atoms with Gasteiger partial charge in [-0.15, -0.1) is 6.58 Å². The molecule has 0 saturated carbocycles. The average molecular weight is 308 g/mol. The summed E-state index contributed by atoms with van der Waals surface area (Å²) in [5, 5.41) is 9.04. The molecule has 1 N–H and O–H groups in total. The van der Waals surface area contributed by atoms with E-state index in [1.54, 1.807) is 0 Å². The van der Waals surface area contributed by atoms with Crippen LogP contribution < -0.4 is 5.43 Å². The lowest BCUT2D eigenvalue weighted by atomic mass is 10.1. The predicted molar refractivity (Wildman–Crippen MR) is 83.6 cm³/mol. The van der Waals surface area contributed by atoms with E-state index in [1.807, 2.05) is 6.08 Å². The number of hydrogen-bond donors (Lipinski definition) is 1. The predicted octanol–water partition coefficient (Wildman–Crippen LogP) is 3.70. The monoisotopic (exact) mass is 308 g/mol. The lowest BCUT2D eigenvalue weighted by molar-refractivity contribution is -0.145. The summed E-state index contributed by atoms with van der Waals surface area (Å²) in [5.74, 6) is -0.538. The van der Waals surface area contributed by atoms with Crippen molar-refractivity contribution in [2.75, 3.05) is 0 Å². The number of aromatic hydroxyl groups is 1. The Bertz CT molecular complexity index is 518. The Morgan fingerprint density at radius 1 is 1.23 bits per heavy atom. The summed E-state index contributed by atoms with van der Waals surface area (Å²) < 4.78 is 9.96. The highest BCUT2D eigenvalue weighted by atomic mass is 16.5. The maximum absolute atomic E-state index is 11.5. The van der Waals surface area contributed by atoms with Crippen LogP contribution in [0.4, 0.5) is 0 Å². The molecule has 0 aliphatic carbocycles. The highest BCUT2D eigenvalue weighted by Gasteiger charge is 2.06. The molecule has 1 aromatic rings. The van der Waals surface area contributed by atoms with Gasteiger partial charge in [0.15, 0.2) is 5.75 Å². The number of ether oxygens (including phenoxy) is 1. The summed E-state index contributed by atoms with van der Waals surface area (Å²) in [7, 11) is 0. The second-order valence-corrected chi connectivity index (χ2v) is 5.21. The Morgan fingerprint density at radius 2 is 1.91 bits per heavy atom. The van der Waals surface area contributed by atoms with Crippen molar-refractivity contribution in [1.29, 1.82) is 0 Å². The second-order valence-electron chi connectivity index (χ2n) is 5.21. The van der Waals surface area contributed by atoms with Crippen molar-refractivity contribution in [3.63, 3.8) is 0 Å². The Labute approximate surface area is 130 Å². The first-order chi connectivity index (χ1) is 10.6. The van der Waals surface area contributed by atoms with E-state index in [2.05, 4.69) is 6.58 Å². The van der Waals surface area contributed by atoms with Gasteiger partial charge in [0.1, 0.15) is 18.6 Å². The fourth-order valence-electron chi connectivity index (χ4n) is 2.01. The molecule has 0 bridgehead atoms. The number of carbonyl (C=O) groups excluding carboxylic acids is 1. The standard InChI is InChI=1S/C17H24O5/c1-2-3-4-5-6-7-8-9-10-17(20)22-12-14-11-15(18)16(19)13-21-14/h2,11,13,19H,1,3-10,12H2. The quantitative estimate of drug-likeness (QED) is 0.383. The van der Waals surface area contributed by atoms with Gasteiger partial charge >= 0.3 is 5.97 Å². The first-order valence-corrected chi connectivity index (χ1v) is 7.70. The Hall–Kier alpha value is -2.04. The Kier molecular flexibility index (Phi) is 8.72. The van der Waals surface area contributed by atoms with Crippen LogP contribution >= 0.6 is 0 Å². The van der Waals surface area contributed by atoms with Gasteiger partial charge < -0.3 is 14.3 Å². The Morgan fingerprint density at radius 3 is 2.59 bits per heavy atom. The summed E-state index contributed by atoms with van der Waals surface area (Å²) in [4.78, 5) is 22.7. The molecule has 0 aliphatic rings. The molecule has 0 atom stereocenters. The molecule has 1 rings (SSSR count). The van der Waals surface area contributed by atoms with Crippen molar-refractivity contribution in [2.45, 2.75) is 58.0 Å². The van der Waals surface area contributed by atoms with Gasteiger partial charge in [-0.1, -0.05) is 31.8 Å². The SMILES string of the molecule is C=CCCCCCCCCC(=O)OCc1cc(=O)c(O)co1. The van der Waals surface area contributed by atoms with Gasteiger partial charge in [0.25, 0.3) is 0 Å². The molecule has 0 aliphatic heterocycles. The van der Waals surface area contributed by atoms with Crippen molar-refractivity contribution in [3.8, 4) is 5.75 Å². The summed E-state index contributed by atoms with van der Waals surface area (Å²) in [5.41, 5.74) is -0.547. The molecule has 0 radical (unpaired) electrons. The number of allylic oxidation sites excluding steroid dienone is 1. The van der Waals surface area contributed by atoms with Gasteiger partial charge in [0.05, 0.1) is 0 Å². The van der Waals surface area contributed by atoms with Gasteiger partial charge in [0, 0.05) is 12.5 Å². The van der Waals surface area contributed by atoms with E-state index < -0.39 is 11.2 Å². The number of rotatable bonds is 11. The van der Waals surface area contributed by atoms with Crippen LogP contribution in [0.25, 0.3) is 0 Å². The zero-order valence-corrected chi connectivity index (χ0v) is 12.9. The minimum Gasteiger partial charge on any atom is -0.502 e. The topological polar surface area (TPSA) is 76.7 Å². The van der Waals surface area contributed by atoms with Gasteiger partial charge in [-0.05, 0) is 19.3 Å². The zero-order valence-electron chi connectivity index (χ0n) is 12.9. The third-order valence-corrected chi connectivity index (χ3v) is 3.28. The van der Waals surface area contributed by atoms with E-state index in [9.17, 15) is 9.59 Å². The van der Waals surface area contributed by atoms with Crippen LogP contribution in [0.3, 0.4) is 0 Å². The number of unbranched alkanes of at least 4 members (excludes halogenated alkanes) is 6. The zero-order chi connectivity index (χ0) is 16.2. The van der Waals surface area contributed by atoms with Crippen LogP contribution in [0.15, 0.2) is 34.2 Å². The smallest absolute Gasteiger partial charge is 0.306 e. The Balaban J connectivity index is 2.07. The van der Waals surface area contributed by atoms with Gasteiger partial charge in [0.2, 0.25) is 5.43 Å². The highest BCUT2D eigenvalue weighted by molar-refractivity contribution is 5.69. The average Bonchev–Trinajstić information content (AvgIpc) is 2.51. The first-order valence-electron chi connectivity index (χ1n) is 7.70. The van der Waals surface area contributed by atoms with Crippen molar-refractivity contribution in [2.24, 2.45) is 0 Å². The molecule has 0 unspecified atom stereocenters. The van der Waals surface area contributed by atoms with Crippen LogP contribution in [0.2, 0.25) is 0 Å². The molecular weight excluding hydrogens is 284 g/mol. The number of hydrogen-bond acceptors (Lipinski definition) is 5. The molecule has 0 aromatic carbocycles. The largest absolute Gasteiger partial charge is 0.502 e. The van der Waals surface area contributed by atoms with E-state index in [4.69, 9.17) is 14.3 Å². The van der Waals surface area contributed by atoms with Crippen LogP contribution in [-0.4, -0.2) is 11.1 Å². The summed E-state index contributed by atoms with van der Waals surface area (Å²) >= 11 is 0. The maximum atomic E-state index is 11.5. The van der Waals surface area contributed by atoms with Crippen molar-refractivity contribution >= 4 is 5.97 Å². The van der Waals surface area contributed by atoms with E-state index >= 15 is 0 Å². The molecule has 0 amide bonds. The number of carbonyl (C=O) groups is 1. The fourth-order valence-corrected chi connectivity index (χ4v) is 2.01. The van der Waals surface area contributed by atoms with Crippen LogP contribution in [0.5, 0.6) is 5.75 Å². The molecular formula is C17H24O5. The molecule has 5 heteroatoms. The molecule has 122 valence electrons. The summed E-state index contributed by atoms with van der Waals surface area (Å²) in [6.07, 6.45) is 10.8. The van der Waals surface area contributed by atoms with Crippen LogP contribution in [0, 0.1) is 0 Å².